The number of methoxy groups -OCH3 is 1. The van der Waals surface area contributed by atoms with Crippen molar-refractivity contribution in [3.8, 4) is 11.1 Å². The summed E-state index contributed by atoms with van der Waals surface area (Å²) in [6.45, 7) is 4.81. The summed E-state index contributed by atoms with van der Waals surface area (Å²) in [6, 6.07) is 10.3. The zero-order valence-corrected chi connectivity index (χ0v) is 13.2. The Morgan fingerprint density at radius 1 is 1.27 bits per heavy atom. The van der Waals surface area contributed by atoms with E-state index in [1.165, 1.54) is 5.56 Å². The van der Waals surface area contributed by atoms with Gasteiger partial charge in [0.15, 0.2) is 5.82 Å². The summed E-state index contributed by atoms with van der Waals surface area (Å²) in [5.74, 6) is 1.51. The standard InChI is InChI=1S/C17H17N3OS/c1-3-9-18-16-15-13(12-7-5-4-6-8-12)11-22-17(15)20-14(19-16)10-21-2/h3-8,11H,1,9-10H2,2H3,(H,18,19,20). The van der Waals surface area contributed by atoms with E-state index >= 15 is 0 Å². The maximum Gasteiger partial charge on any atom is 0.158 e. The fraction of sp³-hybridized carbons (Fsp3) is 0.176. The Morgan fingerprint density at radius 2 is 2.09 bits per heavy atom. The molecular weight excluding hydrogens is 294 g/mol. The highest BCUT2D eigenvalue weighted by Crippen LogP contribution is 2.36. The second kappa shape index (κ2) is 6.68. The maximum absolute atomic E-state index is 5.16. The Bertz CT molecular complexity index is 783. The molecule has 3 rings (SSSR count). The van der Waals surface area contributed by atoms with Gasteiger partial charge in [0.2, 0.25) is 0 Å². The van der Waals surface area contributed by atoms with Gasteiger partial charge in [0.05, 0.1) is 5.39 Å². The number of benzene rings is 1. The monoisotopic (exact) mass is 311 g/mol. The minimum atomic E-state index is 0.400. The number of rotatable bonds is 6. The number of hydrogen-bond acceptors (Lipinski definition) is 5. The zero-order chi connectivity index (χ0) is 15.4. The number of aromatic nitrogens is 2. The fourth-order valence-corrected chi connectivity index (χ4v) is 3.27. The van der Waals surface area contributed by atoms with Gasteiger partial charge >= 0.3 is 0 Å². The van der Waals surface area contributed by atoms with Gasteiger partial charge in [0.25, 0.3) is 0 Å². The van der Waals surface area contributed by atoms with Crippen molar-refractivity contribution in [2.45, 2.75) is 6.61 Å². The first-order chi connectivity index (χ1) is 10.8. The lowest BCUT2D eigenvalue weighted by Crippen LogP contribution is -2.05. The third-order valence-corrected chi connectivity index (χ3v) is 4.12. The SMILES string of the molecule is C=CCNc1nc(COC)nc2scc(-c3ccccc3)c12. The molecule has 0 bridgehead atoms. The molecule has 1 N–H and O–H groups in total. The summed E-state index contributed by atoms with van der Waals surface area (Å²) >= 11 is 1.62. The molecule has 0 unspecified atom stereocenters. The molecule has 0 radical (unpaired) electrons. The number of thiophene rings is 1. The van der Waals surface area contributed by atoms with Gasteiger partial charge in [-0.3, -0.25) is 0 Å². The van der Waals surface area contributed by atoms with Crippen LogP contribution in [0.4, 0.5) is 5.82 Å². The lowest BCUT2D eigenvalue weighted by molar-refractivity contribution is 0.178. The van der Waals surface area contributed by atoms with Crippen molar-refractivity contribution < 1.29 is 4.74 Å². The Kier molecular flexibility index (Phi) is 4.46. The average molecular weight is 311 g/mol. The van der Waals surface area contributed by atoms with Crippen molar-refractivity contribution in [2.24, 2.45) is 0 Å². The number of hydrogen-bond donors (Lipinski definition) is 1. The van der Waals surface area contributed by atoms with Gasteiger partial charge in [0.1, 0.15) is 17.3 Å². The topological polar surface area (TPSA) is 47.0 Å². The predicted octanol–water partition coefficient (Wildman–Crippen LogP) is 4.10. The molecule has 0 amide bonds. The molecule has 2 heterocycles. The minimum Gasteiger partial charge on any atom is -0.377 e. The number of nitrogens with one attached hydrogen (secondary N) is 1. The largest absolute Gasteiger partial charge is 0.377 e. The van der Waals surface area contributed by atoms with Gasteiger partial charge in [-0.25, -0.2) is 9.97 Å². The Hall–Kier alpha value is -2.24. The molecule has 5 heteroatoms. The van der Waals surface area contributed by atoms with Crippen molar-refractivity contribution in [3.05, 3.63) is 54.2 Å². The van der Waals surface area contributed by atoms with E-state index < -0.39 is 0 Å². The van der Waals surface area contributed by atoms with Crippen molar-refractivity contribution >= 4 is 27.4 Å². The molecule has 2 aromatic heterocycles. The van der Waals surface area contributed by atoms with E-state index in [-0.39, 0.29) is 0 Å². The summed E-state index contributed by atoms with van der Waals surface area (Å²) in [5, 5.41) is 6.50. The number of fused-ring (bicyclic) bond motifs is 1. The van der Waals surface area contributed by atoms with E-state index in [1.54, 1.807) is 18.4 Å². The molecule has 3 aromatic rings. The van der Waals surface area contributed by atoms with Crippen LogP contribution in [0, 0.1) is 0 Å². The van der Waals surface area contributed by atoms with Gasteiger partial charge in [-0.05, 0) is 5.56 Å². The molecule has 22 heavy (non-hydrogen) atoms. The number of nitrogens with zero attached hydrogens (tertiary/aromatic N) is 2. The van der Waals surface area contributed by atoms with Gasteiger partial charge in [-0.1, -0.05) is 36.4 Å². The third kappa shape index (κ3) is 2.86. The molecule has 0 atom stereocenters. The summed E-state index contributed by atoms with van der Waals surface area (Å²) in [5.41, 5.74) is 2.31. The molecule has 0 saturated carbocycles. The van der Waals surface area contributed by atoms with Crippen molar-refractivity contribution in [2.75, 3.05) is 19.0 Å². The summed E-state index contributed by atoms with van der Waals surface area (Å²) < 4.78 is 5.16. The normalized spacial score (nSPS) is 10.8. The van der Waals surface area contributed by atoms with Crippen LogP contribution in [0.2, 0.25) is 0 Å². The second-order valence-corrected chi connectivity index (χ2v) is 5.64. The Labute approximate surface area is 133 Å². The first kappa shape index (κ1) is 14.7. The zero-order valence-electron chi connectivity index (χ0n) is 12.4. The van der Waals surface area contributed by atoms with Crippen molar-refractivity contribution in [3.63, 3.8) is 0 Å². The fourth-order valence-electron chi connectivity index (χ4n) is 2.31. The van der Waals surface area contributed by atoms with E-state index in [4.69, 9.17) is 4.74 Å². The predicted molar refractivity (Wildman–Crippen MR) is 92.3 cm³/mol. The van der Waals surface area contributed by atoms with Crippen LogP contribution in [0.3, 0.4) is 0 Å². The van der Waals surface area contributed by atoms with Crippen LogP contribution in [0.15, 0.2) is 48.4 Å². The Morgan fingerprint density at radius 3 is 2.82 bits per heavy atom. The molecule has 4 nitrogen and oxygen atoms in total. The van der Waals surface area contributed by atoms with Crippen LogP contribution in [-0.2, 0) is 11.3 Å². The molecule has 0 aliphatic rings. The van der Waals surface area contributed by atoms with Crippen LogP contribution in [-0.4, -0.2) is 23.6 Å². The van der Waals surface area contributed by atoms with Crippen LogP contribution >= 0.6 is 11.3 Å². The van der Waals surface area contributed by atoms with Crippen LogP contribution < -0.4 is 5.32 Å². The maximum atomic E-state index is 5.16. The molecule has 0 aliphatic carbocycles. The molecule has 0 aliphatic heterocycles. The van der Waals surface area contributed by atoms with Crippen molar-refractivity contribution in [1.82, 2.24) is 9.97 Å². The molecule has 1 aromatic carbocycles. The molecule has 0 saturated heterocycles. The summed E-state index contributed by atoms with van der Waals surface area (Å²) in [7, 11) is 1.65. The number of anilines is 1. The van der Waals surface area contributed by atoms with Gasteiger partial charge in [-0.2, -0.15) is 0 Å². The van der Waals surface area contributed by atoms with E-state index in [2.05, 4.69) is 39.4 Å². The van der Waals surface area contributed by atoms with Gasteiger partial charge < -0.3 is 10.1 Å². The molecule has 112 valence electrons. The summed E-state index contributed by atoms with van der Waals surface area (Å²) in [4.78, 5) is 10.2. The van der Waals surface area contributed by atoms with E-state index in [0.717, 1.165) is 21.6 Å². The van der Waals surface area contributed by atoms with Crippen LogP contribution in [0.25, 0.3) is 21.3 Å². The van der Waals surface area contributed by atoms with Crippen molar-refractivity contribution in [1.29, 1.82) is 0 Å². The second-order valence-electron chi connectivity index (χ2n) is 4.79. The number of ether oxygens (including phenoxy) is 1. The first-order valence-corrected chi connectivity index (χ1v) is 7.88. The average Bonchev–Trinajstić information content (AvgIpc) is 2.98. The smallest absolute Gasteiger partial charge is 0.158 e. The highest BCUT2D eigenvalue weighted by atomic mass is 32.1. The van der Waals surface area contributed by atoms with E-state index in [9.17, 15) is 0 Å². The van der Waals surface area contributed by atoms with Gasteiger partial charge in [0, 0.05) is 24.6 Å². The Balaban J connectivity index is 2.17. The van der Waals surface area contributed by atoms with E-state index in [1.807, 2.05) is 24.3 Å². The third-order valence-electron chi connectivity index (χ3n) is 3.25. The minimum absolute atomic E-state index is 0.400. The van der Waals surface area contributed by atoms with Crippen LogP contribution in [0.5, 0.6) is 0 Å². The lowest BCUT2D eigenvalue weighted by Gasteiger charge is -2.09. The van der Waals surface area contributed by atoms with E-state index in [0.29, 0.717) is 19.0 Å². The molecular formula is C17H17N3OS. The molecule has 0 fully saturated rings. The quantitative estimate of drug-likeness (QED) is 0.696. The highest BCUT2D eigenvalue weighted by molar-refractivity contribution is 7.17. The molecule has 0 spiro atoms. The first-order valence-electron chi connectivity index (χ1n) is 7.00. The lowest BCUT2D eigenvalue weighted by atomic mass is 10.1. The van der Waals surface area contributed by atoms with Crippen LogP contribution in [0.1, 0.15) is 5.82 Å². The van der Waals surface area contributed by atoms with Gasteiger partial charge in [-0.15, -0.1) is 17.9 Å². The highest BCUT2D eigenvalue weighted by Gasteiger charge is 2.14. The summed E-state index contributed by atoms with van der Waals surface area (Å²) in [6.07, 6.45) is 1.82.